The summed E-state index contributed by atoms with van der Waals surface area (Å²) < 4.78 is 31.6. The summed E-state index contributed by atoms with van der Waals surface area (Å²) in [7, 11) is 0. The molecule has 0 unspecified atom stereocenters. The van der Waals surface area contributed by atoms with Crippen molar-refractivity contribution < 1.29 is 18.6 Å². The molecular weight excluding hydrogens is 315 g/mol. The highest BCUT2D eigenvalue weighted by Gasteiger charge is 2.37. The van der Waals surface area contributed by atoms with Crippen LogP contribution in [0.3, 0.4) is 0 Å². The fourth-order valence-corrected chi connectivity index (χ4v) is 2.19. The Morgan fingerprint density at radius 2 is 1.74 bits per heavy atom. The molecule has 0 saturated heterocycles. The van der Waals surface area contributed by atoms with Crippen molar-refractivity contribution in [3.63, 3.8) is 0 Å². The van der Waals surface area contributed by atoms with Crippen LogP contribution in [0.25, 0.3) is 0 Å². The topological polar surface area (TPSA) is 27.7 Å². The zero-order valence-electron chi connectivity index (χ0n) is 11.5. The average molecular weight is 335 g/mol. The van der Waals surface area contributed by atoms with E-state index in [4.69, 9.17) is 14.2 Å². The van der Waals surface area contributed by atoms with Gasteiger partial charge in [0.05, 0.1) is 0 Å². The minimum Gasteiger partial charge on any atom is -0.376 e. The third kappa shape index (κ3) is 4.24. The van der Waals surface area contributed by atoms with Gasteiger partial charge >= 0.3 is 0 Å². The molecule has 0 bridgehead atoms. The van der Waals surface area contributed by atoms with Gasteiger partial charge < -0.3 is 14.2 Å². The molecule has 0 radical (unpaired) electrons. The van der Waals surface area contributed by atoms with Crippen LogP contribution >= 0.6 is 15.9 Å². The van der Waals surface area contributed by atoms with Gasteiger partial charge in [-0.3, -0.25) is 0 Å². The molecule has 0 aromatic heterocycles. The Morgan fingerprint density at radius 3 is 2.21 bits per heavy atom. The second kappa shape index (κ2) is 7.94. The van der Waals surface area contributed by atoms with Crippen LogP contribution < -0.4 is 0 Å². The molecule has 0 aliphatic carbocycles. The normalized spacial score (nSPS) is 11.8. The number of rotatable bonds is 8. The summed E-state index contributed by atoms with van der Waals surface area (Å²) in [5, 5.41) is 0. The summed E-state index contributed by atoms with van der Waals surface area (Å²) in [6, 6.07) is 4.81. The zero-order chi connectivity index (χ0) is 14.3. The number of hydrogen-bond acceptors (Lipinski definition) is 3. The molecule has 108 valence electrons. The van der Waals surface area contributed by atoms with Crippen molar-refractivity contribution in [2.24, 2.45) is 0 Å². The lowest BCUT2D eigenvalue weighted by atomic mass is 10.1. The summed E-state index contributed by atoms with van der Waals surface area (Å²) >= 11 is 3.24. The molecule has 0 heterocycles. The molecule has 1 rings (SSSR count). The van der Waals surface area contributed by atoms with Crippen molar-refractivity contribution in [2.45, 2.75) is 26.6 Å². The zero-order valence-corrected chi connectivity index (χ0v) is 13.1. The number of ether oxygens (including phenoxy) is 3. The number of benzene rings is 1. The Labute approximate surface area is 122 Å². The van der Waals surface area contributed by atoms with Gasteiger partial charge in [0.25, 0.3) is 0 Å². The Balaban J connectivity index is 3.17. The van der Waals surface area contributed by atoms with Gasteiger partial charge in [0.1, 0.15) is 12.4 Å². The predicted molar refractivity (Wildman–Crippen MR) is 75.5 cm³/mol. The molecule has 0 aliphatic rings. The lowest BCUT2D eigenvalue weighted by Gasteiger charge is -2.33. The van der Waals surface area contributed by atoms with Gasteiger partial charge in [-0.15, -0.1) is 0 Å². The highest BCUT2D eigenvalue weighted by atomic mass is 79.9. The van der Waals surface area contributed by atoms with Gasteiger partial charge in [-0.2, -0.15) is 0 Å². The average Bonchev–Trinajstić information content (AvgIpc) is 2.36. The first-order valence-corrected chi connectivity index (χ1v) is 7.20. The van der Waals surface area contributed by atoms with Gasteiger partial charge in [-0.05, 0) is 39.0 Å². The van der Waals surface area contributed by atoms with Crippen LogP contribution in [0.2, 0.25) is 0 Å². The van der Waals surface area contributed by atoms with Crippen LogP contribution in [-0.4, -0.2) is 26.4 Å². The van der Waals surface area contributed by atoms with E-state index in [1.807, 2.05) is 20.8 Å². The number of halogens is 2. The van der Waals surface area contributed by atoms with E-state index in [0.29, 0.717) is 29.9 Å². The van der Waals surface area contributed by atoms with Gasteiger partial charge in [-0.25, -0.2) is 4.39 Å². The van der Waals surface area contributed by atoms with Crippen molar-refractivity contribution in [3.8, 4) is 0 Å². The minimum atomic E-state index is -1.19. The standard InChI is InChI=1S/C14H20BrFO3/c1-4-17-10-14(18-5-2,19-6-3)12-8-7-11(15)9-13(12)16/h7-9H,4-6,10H2,1-3H3. The summed E-state index contributed by atoms with van der Waals surface area (Å²) in [6.07, 6.45) is 0. The van der Waals surface area contributed by atoms with Gasteiger partial charge in [-0.1, -0.05) is 15.9 Å². The van der Waals surface area contributed by atoms with E-state index in [-0.39, 0.29) is 12.4 Å². The lowest BCUT2D eigenvalue weighted by Crippen LogP contribution is -2.39. The largest absolute Gasteiger partial charge is 0.376 e. The van der Waals surface area contributed by atoms with Crippen molar-refractivity contribution >= 4 is 15.9 Å². The second-order valence-corrected chi connectivity index (χ2v) is 4.80. The molecule has 3 nitrogen and oxygen atoms in total. The molecule has 5 heteroatoms. The van der Waals surface area contributed by atoms with E-state index >= 15 is 0 Å². The van der Waals surface area contributed by atoms with Crippen molar-refractivity contribution in [3.05, 3.63) is 34.1 Å². The predicted octanol–water partition coefficient (Wildman–Crippen LogP) is 3.85. The van der Waals surface area contributed by atoms with Crippen molar-refractivity contribution in [1.82, 2.24) is 0 Å². The van der Waals surface area contributed by atoms with Crippen LogP contribution in [-0.2, 0) is 20.0 Å². The summed E-state index contributed by atoms with van der Waals surface area (Å²) in [5.74, 6) is -1.57. The van der Waals surface area contributed by atoms with Crippen molar-refractivity contribution in [1.29, 1.82) is 0 Å². The van der Waals surface area contributed by atoms with E-state index in [1.165, 1.54) is 6.07 Å². The number of hydrogen-bond donors (Lipinski definition) is 0. The lowest BCUT2D eigenvalue weighted by molar-refractivity contribution is -0.268. The summed E-state index contributed by atoms with van der Waals surface area (Å²) in [5.41, 5.74) is 0.354. The SMILES string of the molecule is CCOCC(OCC)(OCC)c1ccc(Br)cc1F. The monoisotopic (exact) mass is 334 g/mol. The molecule has 0 aliphatic heterocycles. The molecule has 0 atom stereocenters. The Hall–Kier alpha value is -0.490. The molecule has 0 N–H and O–H groups in total. The first kappa shape index (κ1) is 16.6. The third-order valence-corrected chi connectivity index (χ3v) is 3.09. The smallest absolute Gasteiger partial charge is 0.222 e. The first-order valence-electron chi connectivity index (χ1n) is 6.40. The molecule has 0 amide bonds. The van der Waals surface area contributed by atoms with Crippen LogP contribution in [0, 0.1) is 5.82 Å². The van der Waals surface area contributed by atoms with Crippen LogP contribution in [0.15, 0.2) is 22.7 Å². The Kier molecular flexibility index (Phi) is 6.93. The highest BCUT2D eigenvalue weighted by molar-refractivity contribution is 9.10. The summed E-state index contributed by atoms with van der Waals surface area (Å²) in [4.78, 5) is 0. The quantitative estimate of drug-likeness (QED) is 0.676. The van der Waals surface area contributed by atoms with E-state index in [2.05, 4.69) is 15.9 Å². The third-order valence-electron chi connectivity index (χ3n) is 2.59. The second-order valence-electron chi connectivity index (χ2n) is 3.88. The van der Waals surface area contributed by atoms with Crippen molar-refractivity contribution in [2.75, 3.05) is 26.4 Å². The van der Waals surface area contributed by atoms with Crippen LogP contribution in [0.4, 0.5) is 4.39 Å². The van der Waals surface area contributed by atoms with E-state index in [1.54, 1.807) is 12.1 Å². The van der Waals surface area contributed by atoms with Gasteiger partial charge in [0.15, 0.2) is 0 Å². The maximum absolute atomic E-state index is 14.2. The molecule has 0 fully saturated rings. The molecule has 0 saturated carbocycles. The molecule has 1 aromatic rings. The highest BCUT2D eigenvalue weighted by Crippen LogP contribution is 2.31. The molecular formula is C14H20BrFO3. The van der Waals surface area contributed by atoms with Crippen LogP contribution in [0.1, 0.15) is 26.3 Å². The molecule has 1 aromatic carbocycles. The Morgan fingerprint density at radius 1 is 1.11 bits per heavy atom. The van der Waals surface area contributed by atoms with E-state index in [9.17, 15) is 4.39 Å². The van der Waals surface area contributed by atoms with E-state index < -0.39 is 5.79 Å². The van der Waals surface area contributed by atoms with Crippen LogP contribution in [0.5, 0.6) is 0 Å². The minimum absolute atomic E-state index is 0.156. The maximum Gasteiger partial charge on any atom is 0.222 e. The van der Waals surface area contributed by atoms with Gasteiger partial charge in [0, 0.05) is 29.9 Å². The summed E-state index contributed by atoms with van der Waals surface area (Å²) in [6.45, 7) is 7.04. The fraction of sp³-hybridized carbons (Fsp3) is 0.571. The van der Waals surface area contributed by atoms with E-state index in [0.717, 1.165) is 0 Å². The first-order chi connectivity index (χ1) is 9.09. The fourth-order valence-electron chi connectivity index (χ4n) is 1.86. The Bertz CT molecular complexity index is 392. The maximum atomic E-state index is 14.2. The van der Waals surface area contributed by atoms with Gasteiger partial charge in [0.2, 0.25) is 5.79 Å². The molecule has 0 spiro atoms. The molecule has 19 heavy (non-hydrogen) atoms.